The zero-order chi connectivity index (χ0) is 29.8. The van der Waals surface area contributed by atoms with Crippen LogP contribution in [0.5, 0.6) is 0 Å². The van der Waals surface area contributed by atoms with Gasteiger partial charge in [0.05, 0.1) is 29.2 Å². The molecule has 4 rings (SSSR count). The van der Waals surface area contributed by atoms with Gasteiger partial charge in [-0.15, -0.1) is 20.6 Å². The average Bonchev–Trinajstić information content (AvgIpc) is 3.58. The van der Waals surface area contributed by atoms with Crippen LogP contribution in [0.2, 0.25) is 0 Å². The largest absolute Gasteiger partial charge is 0.389 e. The molecule has 1 aromatic carbocycles. The first-order valence-corrected chi connectivity index (χ1v) is 15.5. The van der Waals surface area contributed by atoms with Crippen molar-refractivity contribution in [3.8, 4) is 6.07 Å². The molecule has 0 saturated heterocycles. The van der Waals surface area contributed by atoms with Crippen LogP contribution in [-0.2, 0) is 18.0 Å². The van der Waals surface area contributed by atoms with Crippen LogP contribution in [0.15, 0.2) is 17.8 Å². The fourth-order valence-corrected chi connectivity index (χ4v) is 6.93. The van der Waals surface area contributed by atoms with Gasteiger partial charge in [0.1, 0.15) is 16.9 Å². The fraction of sp³-hybridized carbons (Fsp3) is 0.452. The number of nitrogens with two attached hydrogens (primary N) is 1. The van der Waals surface area contributed by atoms with Crippen LogP contribution >= 0.6 is 20.6 Å². The van der Waals surface area contributed by atoms with E-state index in [1.165, 1.54) is 6.08 Å². The molecule has 7 nitrogen and oxygen atoms in total. The lowest BCUT2D eigenvalue weighted by atomic mass is 9.85. The second-order valence-electron chi connectivity index (χ2n) is 10.6. The minimum absolute atomic E-state index is 0.306. The van der Waals surface area contributed by atoms with Gasteiger partial charge in [-0.1, -0.05) is 25.5 Å². The van der Waals surface area contributed by atoms with Crippen molar-refractivity contribution in [1.82, 2.24) is 14.9 Å². The lowest BCUT2D eigenvalue weighted by Gasteiger charge is -2.24. The number of allylic oxidation sites excluding steroid dienone is 2. The molecule has 0 fully saturated rings. The van der Waals surface area contributed by atoms with Gasteiger partial charge in [0.15, 0.2) is 0 Å². The first kappa shape index (κ1) is 31.1. The molecule has 10 heteroatoms. The first-order chi connectivity index (χ1) is 19.7. The van der Waals surface area contributed by atoms with E-state index in [0.29, 0.717) is 40.2 Å². The van der Waals surface area contributed by atoms with Gasteiger partial charge in [-0.2, -0.15) is 5.26 Å². The number of thiophene rings is 1. The van der Waals surface area contributed by atoms with Gasteiger partial charge < -0.3 is 20.3 Å². The normalized spacial score (nSPS) is 14.0. The molecule has 1 atom stereocenters. The van der Waals surface area contributed by atoms with E-state index in [0.717, 1.165) is 94.3 Å². The Morgan fingerprint density at radius 2 is 1.95 bits per heavy atom. The van der Waals surface area contributed by atoms with Crippen LogP contribution in [0.4, 0.5) is 15.3 Å². The van der Waals surface area contributed by atoms with Crippen molar-refractivity contribution in [2.24, 2.45) is 0 Å². The second kappa shape index (κ2) is 13.4. The van der Waals surface area contributed by atoms with Gasteiger partial charge in [-0.05, 0) is 76.0 Å². The van der Waals surface area contributed by atoms with Gasteiger partial charge in [0.2, 0.25) is 5.95 Å². The summed E-state index contributed by atoms with van der Waals surface area (Å²) in [5.41, 5.74) is 12.8. The molecule has 0 radical (unpaired) electrons. The maximum Gasteiger partial charge on any atom is 0.225 e. The number of halogens is 1. The van der Waals surface area contributed by atoms with Crippen molar-refractivity contribution in [2.45, 2.75) is 60.2 Å². The number of hydrogen-bond acceptors (Lipinski definition) is 8. The SMILES string of the molecule is C/C=C(/F)c1sc(N)c(C#N)c1/C(=C(\C)CC)c1c2c(c3cnc(N(CCC)CCCN(C)C)nc3c1P)COC2. The summed E-state index contributed by atoms with van der Waals surface area (Å²) in [6, 6.07) is 2.27. The number of aromatic nitrogens is 2. The molecule has 1 unspecified atom stereocenters. The van der Waals surface area contributed by atoms with E-state index in [2.05, 4.69) is 53.1 Å². The third-order valence-electron chi connectivity index (χ3n) is 7.57. The summed E-state index contributed by atoms with van der Waals surface area (Å²) in [6.07, 6.45) is 6.04. The molecule has 1 aliphatic rings. The van der Waals surface area contributed by atoms with Gasteiger partial charge in [-0.3, -0.25) is 0 Å². The van der Waals surface area contributed by atoms with Gasteiger partial charge in [-0.25, -0.2) is 14.4 Å². The standard InChI is InChI=1S/C31H40FN6OPS/c1-7-11-38(13-10-12-37(5)6)31-35-15-20-21-16-39-17-22(21)25(28(40)27(20)36-31)24(18(4)8-2)26-19(14-33)30(34)41-29(26)23(32)9-3/h9,15H,7-8,10-13,16-17,34,40H2,1-6H3/b23-9+,24-18+. The number of ether oxygens (including phenoxy) is 1. The van der Waals surface area contributed by atoms with Gasteiger partial charge in [0, 0.05) is 35.5 Å². The predicted octanol–water partition coefficient (Wildman–Crippen LogP) is 6.41. The topological polar surface area (TPSA) is 91.3 Å². The minimum Gasteiger partial charge on any atom is -0.389 e. The van der Waals surface area contributed by atoms with E-state index >= 15 is 4.39 Å². The molecule has 0 amide bonds. The molecule has 3 aromatic rings. The summed E-state index contributed by atoms with van der Waals surface area (Å²) in [5, 5.41) is 12.3. The Hall–Kier alpha value is -2.89. The lowest BCUT2D eigenvalue weighted by Crippen LogP contribution is -2.30. The van der Waals surface area contributed by atoms with Crippen molar-refractivity contribution < 1.29 is 9.13 Å². The molecule has 1 aliphatic heterocycles. The number of rotatable bonds is 11. The maximum absolute atomic E-state index is 15.3. The van der Waals surface area contributed by atoms with Crippen LogP contribution in [0, 0.1) is 11.3 Å². The first-order valence-electron chi connectivity index (χ1n) is 14.1. The molecule has 2 N–H and O–H groups in total. The molecule has 2 aromatic heterocycles. The zero-order valence-corrected chi connectivity index (χ0v) is 26.9. The van der Waals surface area contributed by atoms with E-state index in [-0.39, 0.29) is 0 Å². The Morgan fingerprint density at radius 1 is 1.22 bits per heavy atom. The molecule has 0 aliphatic carbocycles. The summed E-state index contributed by atoms with van der Waals surface area (Å²) in [6.45, 7) is 11.5. The third kappa shape index (κ3) is 6.03. The van der Waals surface area contributed by atoms with Crippen LogP contribution in [0.25, 0.3) is 22.3 Å². The summed E-state index contributed by atoms with van der Waals surface area (Å²) in [5.74, 6) is 0.304. The highest BCUT2D eigenvalue weighted by molar-refractivity contribution is 7.28. The van der Waals surface area contributed by atoms with Crippen LogP contribution in [-0.4, -0.2) is 48.6 Å². The van der Waals surface area contributed by atoms with Crippen LogP contribution in [0.1, 0.15) is 79.7 Å². The average molecular weight is 595 g/mol. The van der Waals surface area contributed by atoms with Gasteiger partial charge in [0.25, 0.3) is 0 Å². The highest BCUT2D eigenvalue weighted by Crippen LogP contribution is 2.46. The molecule has 218 valence electrons. The third-order valence-corrected chi connectivity index (χ3v) is 9.16. The van der Waals surface area contributed by atoms with E-state index in [1.54, 1.807) is 6.92 Å². The number of nitrogen functional groups attached to an aromatic ring is 1. The number of anilines is 2. The Balaban J connectivity index is 2.02. The van der Waals surface area contributed by atoms with Crippen molar-refractivity contribution in [3.63, 3.8) is 0 Å². The minimum atomic E-state index is -0.392. The number of nitrogens with zero attached hydrogens (tertiary/aromatic N) is 5. The Bertz CT molecular complexity index is 1550. The Kier molecular flexibility index (Phi) is 10.1. The molecule has 0 saturated carbocycles. The molecule has 3 heterocycles. The van der Waals surface area contributed by atoms with E-state index in [4.69, 9.17) is 20.4 Å². The van der Waals surface area contributed by atoms with Crippen LogP contribution < -0.4 is 15.9 Å². The monoisotopic (exact) mass is 594 g/mol. The highest BCUT2D eigenvalue weighted by atomic mass is 32.1. The number of nitriles is 1. The van der Waals surface area contributed by atoms with Gasteiger partial charge >= 0.3 is 0 Å². The van der Waals surface area contributed by atoms with Crippen molar-refractivity contribution >= 4 is 59.1 Å². The molecular formula is C31H40FN6OPS. The Morgan fingerprint density at radius 3 is 2.59 bits per heavy atom. The summed E-state index contributed by atoms with van der Waals surface area (Å²) in [7, 11) is 7.06. The lowest BCUT2D eigenvalue weighted by molar-refractivity contribution is 0.135. The van der Waals surface area contributed by atoms with E-state index < -0.39 is 5.83 Å². The maximum atomic E-state index is 15.3. The number of fused-ring (bicyclic) bond motifs is 3. The quantitative estimate of drug-likeness (QED) is 0.257. The zero-order valence-electron chi connectivity index (χ0n) is 24.9. The Labute approximate surface area is 249 Å². The summed E-state index contributed by atoms with van der Waals surface area (Å²) in [4.78, 5) is 14.8. The van der Waals surface area contributed by atoms with E-state index in [1.807, 2.05) is 13.1 Å². The fourth-order valence-electron chi connectivity index (χ4n) is 5.40. The second-order valence-corrected chi connectivity index (χ2v) is 12.2. The van der Waals surface area contributed by atoms with Crippen molar-refractivity contribution in [2.75, 3.05) is 44.4 Å². The predicted molar refractivity (Wildman–Crippen MR) is 173 cm³/mol. The number of hydrogen-bond donors (Lipinski definition) is 1. The van der Waals surface area contributed by atoms with Crippen LogP contribution in [0.3, 0.4) is 0 Å². The van der Waals surface area contributed by atoms with Crippen molar-refractivity contribution in [1.29, 1.82) is 5.26 Å². The summed E-state index contributed by atoms with van der Waals surface area (Å²) >= 11 is 1.12. The smallest absolute Gasteiger partial charge is 0.225 e. The van der Waals surface area contributed by atoms with Crippen molar-refractivity contribution in [3.05, 3.63) is 50.5 Å². The molecule has 0 spiro atoms. The highest BCUT2D eigenvalue weighted by Gasteiger charge is 2.31. The number of benzene rings is 1. The molecule has 0 bridgehead atoms. The summed E-state index contributed by atoms with van der Waals surface area (Å²) < 4.78 is 21.3. The molecular weight excluding hydrogens is 554 g/mol. The molecule has 41 heavy (non-hydrogen) atoms. The van der Waals surface area contributed by atoms with E-state index in [9.17, 15) is 5.26 Å².